The van der Waals surface area contributed by atoms with Crippen LogP contribution in [0.3, 0.4) is 0 Å². The maximum Gasteiger partial charge on any atom is 0.0571 e. The summed E-state index contributed by atoms with van der Waals surface area (Å²) in [4.78, 5) is 8.97. The van der Waals surface area contributed by atoms with Gasteiger partial charge in [-0.1, -0.05) is 91.0 Å². The predicted molar refractivity (Wildman–Crippen MR) is 276 cm³/mol. The number of para-hydroxylation sites is 4. The van der Waals surface area contributed by atoms with Gasteiger partial charge < -0.3 is 13.7 Å². The second-order valence-corrected chi connectivity index (χ2v) is 17.7. The van der Waals surface area contributed by atoms with E-state index in [-0.39, 0.29) is 0 Å². The molecule has 0 amide bonds. The Bertz CT molecular complexity index is 3510. The summed E-state index contributed by atoms with van der Waals surface area (Å²) in [5, 5.41) is 7.25. The van der Waals surface area contributed by atoms with Gasteiger partial charge in [0.2, 0.25) is 0 Å². The summed E-state index contributed by atoms with van der Waals surface area (Å²) < 4.78 is 7.14. The van der Waals surface area contributed by atoms with Crippen molar-refractivity contribution in [1.82, 2.24) is 23.7 Å². The van der Waals surface area contributed by atoms with E-state index in [0.29, 0.717) is 0 Å². The first-order valence-corrected chi connectivity index (χ1v) is 22.6. The van der Waals surface area contributed by atoms with Gasteiger partial charge in [-0.05, 0) is 162 Å². The molecular formula is C61H43N5. The summed E-state index contributed by atoms with van der Waals surface area (Å²) in [6.07, 6.45) is 7.74. The Morgan fingerprint density at radius 2 is 0.576 bits per heavy atom. The van der Waals surface area contributed by atoms with Gasteiger partial charge in [-0.2, -0.15) is 0 Å². The average Bonchev–Trinajstić information content (AvgIpc) is 4.00. The number of hydrogen-bond acceptors (Lipinski definition) is 2. The molecule has 0 aliphatic rings. The van der Waals surface area contributed by atoms with E-state index in [1.54, 1.807) is 0 Å². The molecule has 0 fully saturated rings. The summed E-state index contributed by atoms with van der Waals surface area (Å²) in [5.41, 5.74) is 21.3. The Morgan fingerprint density at radius 3 is 0.894 bits per heavy atom. The van der Waals surface area contributed by atoms with Crippen molar-refractivity contribution >= 4 is 65.4 Å². The highest BCUT2D eigenvalue weighted by atomic mass is 15.0. The van der Waals surface area contributed by atoms with E-state index in [1.807, 2.05) is 24.8 Å². The Hall–Kier alpha value is -8.54. The Kier molecular flexibility index (Phi) is 8.49. The number of hydrogen-bond donors (Lipinski definition) is 0. The Labute approximate surface area is 382 Å². The highest BCUT2D eigenvalue weighted by Crippen LogP contribution is 2.41. The minimum atomic E-state index is 1.13. The van der Waals surface area contributed by atoms with Crippen LogP contribution in [-0.2, 0) is 0 Å². The van der Waals surface area contributed by atoms with Gasteiger partial charge in [0.1, 0.15) is 0 Å². The van der Waals surface area contributed by atoms with Gasteiger partial charge in [-0.3, -0.25) is 9.97 Å². The Morgan fingerprint density at radius 1 is 0.288 bits per heavy atom. The fourth-order valence-electron chi connectivity index (χ4n) is 10.8. The van der Waals surface area contributed by atoms with E-state index in [0.717, 1.165) is 38.9 Å². The lowest BCUT2D eigenvalue weighted by Gasteiger charge is -2.18. The minimum Gasteiger partial charge on any atom is -0.309 e. The molecule has 5 aromatic heterocycles. The van der Waals surface area contributed by atoms with Crippen molar-refractivity contribution < 1.29 is 0 Å². The lowest BCUT2D eigenvalue weighted by Crippen LogP contribution is -1.98. The molecule has 0 bridgehead atoms. The highest BCUT2D eigenvalue weighted by molar-refractivity contribution is 6.11. The maximum absolute atomic E-state index is 4.49. The molecule has 8 aromatic carbocycles. The van der Waals surface area contributed by atoms with Crippen LogP contribution in [0.4, 0.5) is 0 Å². The topological polar surface area (TPSA) is 40.6 Å². The monoisotopic (exact) mass is 845 g/mol. The molecule has 0 aliphatic heterocycles. The SMILES string of the molecule is Cc1cc(-n2c3ccccc3c3ccccc32)ccc1-c1cc(-c2ccc(-n3c4ccccc4c4cnccc43)cc2C)cc(-c2ccc(-n3c4ccccc4c4cnccc43)cc2C)c1. The van der Waals surface area contributed by atoms with Crippen molar-refractivity contribution in [3.63, 3.8) is 0 Å². The van der Waals surface area contributed by atoms with Gasteiger partial charge in [-0.15, -0.1) is 0 Å². The predicted octanol–water partition coefficient (Wildman–Crippen LogP) is 15.7. The van der Waals surface area contributed by atoms with Crippen LogP contribution in [0.5, 0.6) is 0 Å². The first-order valence-electron chi connectivity index (χ1n) is 22.6. The van der Waals surface area contributed by atoms with Gasteiger partial charge in [0.05, 0.1) is 33.1 Å². The molecular weight excluding hydrogens is 803 g/mol. The average molecular weight is 846 g/mol. The first kappa shape index (κ1) is 38.0. The molecule has 0 aliphatic carbocycles. The van der Waals surface area contributed by atoms with Crippen LogP contribution in [0.15, 0.2) is 207 Å². The smallest absolute Gasteiger partial charge is 0.0571 e. The zero-order valence-corrected chi connectivity index (χ0v) is 36.9. The lowest BCUT2D eigenvalue weighted by molar-refractivity contribution is 1.17. The molecule has 0 saturated carbocycles. The van der Waals surface area contributed by atoms with E-state index in [1.165, 1.54) is 93.7 Å². The van der Waals surface area contributed by atoms with Crippen LogP contribution >= 0.6 is 0 Å². The zero-order chi connectivity index (χ0) is 44.0. The summed E-state index contributed by atoms with van der Waals surface area (Å²) >= 11 is 0. The van der Waals surface area contributed by atoms with Crippen molar-refractivity contribution in [2.24, 2.45) is 0 Å². The molecule has 0 saturated heterocycles. The van der Waals surface area contributed by atoms with E-state index in [4.69, 9.17) is 0 Å². The molecule has 0 spiro atoms. The third-order valence-corrected chi connectivity index (χ3v) is 13.8. The minimum absolute atomic E-state index is 1.13. The standard InChI is InChI=1S/C61H43N5/c1-38-30-44(64-56-16-8-4-12-50(56)51-13-5-9-17-57(51)64)20-23-47(38)41-33-42(48-24-21-45(31-39(48)2)65-58-18-10-6-14-52(58)54-36-62-28-26-60(54)65)35-43(34-41)49-25-22-46(32-40(49)3)66-59-19-11-7-15-53(59)55-37-63-29-27-61(55)66/h4-37H,1-3H3. The summed E-state index contributed by atoms with van der Waals surface area (Å²) in [5.74, 6) is 0. The van der Waals surface area contributed by atoms with Crippen molar-refractivity contribution in [1.29, 1.82) is 0 Å². The van der Waals surface area contributed by atoms with Gasteiger partial charge in [0, 0.05) is 74.2 Å². The fraction of sp³-hybridized carbons (Fsp3) is 0.0492. The van der Waals surface area contributed by atoms with Crippen LogP contribution < -0.4 is 0 Å². The van der Waals surface area contributed by atoms with Crippen LogP contribution in [0.1, 0.15) is 16.7 Å². The van der Waals surface area contributed by atoms with Crippen LogP contribution in [0, 0.1) is 20.8 Å². The number of pyridine rings is 2. The maximum atomic E-state index is 4.49. The third-order valence-electron chi connectivity index (χ3n) is 13.8. The third kappa shape index (κ3) is 5.80. The number of fused-ring (bicyclic) bond motifs is 9. The van der Waals surface area contributed by atoms with Crippen LogP contribution in [0.2, 0.25) is 0 Å². The molecule has 0 N–H and O–H groups in total. The largest absolute Gasteiger partial charge is 0.309 e. The van der Waals surface area contributed by atoms with Crippen molar-refractivity contribution in [2.75, 3.05) is 0 Å². The summed E-state index contributed by atoms with van der Waals surface area (Å²) in [6, 6.07) is 66.9. The quantitative estimate of drug-likeness (QED) is 0.167. The second-order valence-electron chi connectivity index (χ2n) is 17.7. The number of nitrogens with zero attached hydrogens (tertiary/aromatic N) is 5. The van der Waals surface area contributed by atoms with Gasteiger partial charge in [0.15, 0.2) is 0 Å². The van der Waals surface area contributed by atoms with Crippen LogP contribution in [0.25, 0.3) is 116 Å². The van der Waals surface area contributed by atoms with E-state index in [9.17, 15) is 0 Å². The molecule has 13 aromatic rings. The van der Waals surface area contributed by atoms with Gasteiger partial charge in [0.25, 0.3) is 0 Å². The van der Waals surface area contributed by atoms with E-state index in [2.05, 4.69) is 226 Å². The Balaban J connectivity index is 0.974. The van der Waals surface area contributed by atoms with E-state index < -0.39 is 0 Å². The molecule has 0 atom stereocenters. The number of rotatable bonds is 6. The normalized spacial score (nSPS) is 11.9. The van der Waals surface area contributed by atoms with Crippen molar-refractivity contribution in [3.8, 4) is 50.4 Å². The molecule has 5 heterocycles. The highest BCUT2D eigenvalue weighted by Gasteiger charge is 2.19. The second kappa shape index (κ2) is 14.8. The summed E-state index contributed by atoms with van der Waals surface area (Å²) in [7, 11) is 0. The fourth-order valence-corrected chi connectivity index (χ4v) is 10.8. The molecule has 0 radical (unpaired) electrons. The van der Waals surface area contributed by atoms with Crippen molar-refractivity contribution in [3.05, 3.63) is 223 Å². The molecule has 66 heavy (non-hydrogen) atoms. The lowest BCUT2D eigenvalue weighted by atomic mass is 9.89. The van der Waals surface area contributed by atoms with Crippen molar-refractivity contribution in [2.45, 2.75) is 20.8 Å². The summed E-state index contributed by atoms with van der Waals surface area (Å²) in [6.45, 7) is 6.74. The molecule has 312 valence electrons. The molecule has 0 unspecified atom stereocenters. The first-order chi connectivity index (χ1) is 32.5. The zero-order valence-electron chi connectivity index (χ0n) is 36.9. The van der Waals surface area contributed by atoms with E-state index >= 15 is 0 Å². The van der Waals surface area contributed by atoms with Gasteiger partial charge >= 0.3 is 0 Å². The van der Waals surface area contributed by atoms with Crippen LogP contribution in [-0.4, -0.2) is 23.7 Å². The molecule has 13 rings (SSSR count). The van der Waals surface area contributed by atoms with Gasteiger partial charge in [-0.25, -0.2) is 0 Å². The number of benzene rings is 8. The number of aryl methyl sites for hydroxylation is 3. The molecule has 5 nitrogen and oxygen atoms in total. The molecule has 5 heteroatoms. The number of aromatic nitrogens is 5.